The van der Waals surface area contributed by atoms with Crippen LogP contribution in [0.2, 0.25) is 0 Å². The number of sulfonamides is 1. The lowest BCUT2D eigenvalue weighted by atomic mass is 10.2. The first kappa shape index (κ1) is 15.9. The van der Waals surface area contributed by atoms with E-state index in [1.54, 1.807) is 4.31 Å². The molecule has 0 spiro atoms. The average Bonchev–Trinajstić information content (AvgIpc) is 2.20. The lowest BCUT2D eigenvalue weighted by molar-refractivity contribution is 0.291. The third kappa shape index (κ3) is 5.82. The molecule has 0 aromatic rings. The van der Waals surface area contributed by atoms with Gasteiger partial charge in [-0.3, -0.25) is 0 Å². The first-order valence-corrected chi connectivity index (χ1v) is 7.67. The van der Waals surface area contributed by atoms with Crippen molar-refractivity contribution < 1.29 is 13.5 Å². The molecule has 0 unspecified atom stereocenters. The third-order valence-corrected chi connectivity index (χ3v) is 4.60. The van der Waals surface area contributed by atoms with Crippen LogP contribution < -0.4 is 0 Å². The van der Waals surface area contributed by atoms with E-state index in [4.69, 9.17) is 5.11 Å². The van der Waals surface area contributed by atoms with Crippen molar-refractivity contribution in [3.05, 3.63) is 0 Å². The van der Waals surface area contributed by atoms with Crippen LogP contribution in [-0.2, 0) is 10.0 Å². The molecule has 98 valence electrons. The highest BCUT2D eigenvalue weighted by Gasteiger charge is 2.23. The molecule has 16 heavy (non-hydrogen) atoms. The highest BCUT2D eigenvalue weighted by Crippen LogP contribution is 2.11. The fourth-order valence-corrected chi connectivity index (χ4v) is 3.38. The van der Waals surface area contributed by atoms with E-state index in [1.165, 1.54) is 0 Å². The Bertz CT molecular complexity index is 262. The number of hydrogen-bond donors (Lipinski definition) is 1. The molecule has 0 atom stereocenters. The molecule has 0 aliphatic rings. The molecular weight excluding hydrogens is 226 g/mol. The van der Waals surface area contributed by atoms with Gasteiger partial charge in [-0.1, -0.05) is 19.8 Å². The molecule has 0 rings (SSSR count). The molecule has 0 amide bonds. The Morgan fingerprint density at radius 2 is 1.81 bits per heavy atom. The predicted octanol–water partition coefficient (Wildman–Crippen LogP) is 1.60. The second-order valence-corrected chi connectivity index (χ2v) is 6.35. The van der Waals surface area contributed by atoms with Crippen LogP contribution in [0.15, 0.2) is 0 Å². The SMILES string of the molecule is CCCCCN(C(C)C)S(=O)(=O)CCCO. The largest absolute Gasteiger partial charge is 0.396 e. The number of unbranched alkanes of at least 4 members (excludes halogenated alkanes) is 2. The van der Waals surface area contributed by atoms with Crippen LogP contribution in [0.5, 0.6) is 0 Å². The van der Waals surface area contributed by atoms with Gasteiger partial charge in [0.2, 0.25) is 10.0 Å². The summed E-state index contributed by atoms with van der Waals surface area (Å²) in [4.78, 5) is 0. The average molecular weight is 251 g/mol. The lowest BCUT2D eigenvalue weighted by Gasteiger charge is -2.25. The van der Waals surface area contributed by atoms with Gasteiger partial charge in [0.25, 0.3) is 0 Å². The van der Waals surface area contributed by atoms with Crippen LogP contribution >= 0.6 is 0 Å². The summed E-state index contributed by atoms with van der Waals surface area (Å²) in [5.41, 5.74) is 0. The molecule has 0 radical (unpaired) electrons. The van der Waals surface area contributed by atoms with Gasteiger partial charge in [0.1, 0.15) is 0 Å². The molecule has 0 saturated carbocycles. The summed E-state index contributed by atoms with van der Waals surface area (Å²) in [5.74, 6) is 0.0494. The van der Waals surface area contributed by atoms with Crippen LogP contribution in [0.1, 0.15) is 46.5 Å². The zero-order valence-electron chi connectivity index (χ0n) is 10.6. The number of rotatable bonds is 9. The summed E-state index contributed by atoms with van der Waals surface area (Å²) in [6.45, 7) is 6.41. The molecule has 0 aromatic heterocycles. The monoisotopic (exact) mass is 251 g/mol. The summed E-state index contributed by atoms with van der Waals surface area (Å²) in [6.07, 6.45) is 3.37. The molecule has 4 nitrogen and oxygen atoms in total. The summed E-state index contributed by atoms with van der Waals surface area (Å²) >= 11 is 0. The first-order valence-electron chi connectivity index (χ1n) is 6.06. The van der Waals surface area contributed by atoms with Gasteiger partial charge >= 0.3 is 0 Å². The zero-order valence-corrected chi connectivity index (χ0v) is 11.5. The summed E-state index contributed by atoms with van der Waals surface area (Å²) in [7, 11) is -3.19. The van der Waals surface area contributed by atoms with E-state index in [0.717, 1.165) is 19.3 Å². The van der Waals surface area contributed by atoms with Crippen LogP contribution in [0.4, 0.5) is 0 Å². The van der Waals surface area contributed by atoms with Crippen molar-refractivity contribution in [3.63, 3.8) is 0 Å². The van der Waals surface area contributed by atoms with Crippen LogP contribution in [0, 0.1) is 0 Å². The van der Waals surface area contributed by atoms with E-state index < -0.39 is 10.0 Å². The minimum Gasteiger partial charge on any atom is -0.396 e. The standard InChI is InChI=1S/C11H25NO3S/c1-4-5-6-8-12(11(2)3)16(14,15)10-7-9-13/h11,13H,4-10H2,1-3H3. The van der Waals surface area contributed by atoms with Crippen LogP contribution in [-0.4, -0.2) is 42.8 Å². The number of aliphatic hydroxyl groups is 1. The van der Waals surface area contributed by atoms with Gasteiger partial charge in [-0.05, 0) is 26.7 Å². The molecule has 0 aliphatic carbocycles. The molecule has 0 saturated heterocycles. The molecule has 0 heterocycles. The molecule has 0 bridgehead atoms. The van der Waals surface area contributed by atoms with Crippen molar-refractivity contribution in [2.24, 2.45) is 0 Å². The van der Waals surface area contributed by atoms with E-state index in [2.05, 4.69) is 6.92 Å². The minimum atomic E-state index is -3.19. The van der Waals surface area contributed by atoms with E-state index in [0.29, 0.717) is 13.0 Å². The molecule has 1 N–H and O–H groups in total. The predicted molar refractivity (Wildman–Crippen MR) is 66.9 cm³/mol. The molecular formula is C11H25NO3S. The van der Waals surface area contributed by atoms with Gasteiger partial charge in [0, 0.05) is 19.2 Å². The van der Waals surface area contributed by atoms with Crippen molar-refractivity contribution in [2.45, 2.75) is 52.5 Å². The van der Waals surface area contributed by atoms with Gasteiger partial charge in [0.05, 0.1) is 5.75 Å². The van der Waals surface area contributed by atoms with Crippen LogP contribution in [0.3, 0.4) is 0 Å². The van der Waals surface area contributed by atoms with Crippen LogP contribution in [0.25, 0.3) is 0 Å². The second-order valence-electron chi connectivity index (χ2n) is 4.30. The molecule has 0 fully saturated rings. The lowest BCUT2D eigenvalue weighted by Crippen LogP contribution is -2.39. The number of nitrogens with zero attached hydrogens (tertiary/aromatic N) is 1. The topological polar surface area (TPSA) is 57.6 Å². The normalized spacial score (nSPS) is 12.6. The van der Waals surface area contributed by atoms with Gasteiger partial charge < -0.3 is 5.11 Å². The Balaban J connectivity index is 4.39. The molecule has 5 heteroatoms. The third-order valence-electron chi connectivity index (χ3n) is 2.48. The van der Waals surface area contributed by atoms with Crippen molar-refractivity contribution in [1.29, 1.82) is 0 Å². The fourth-order valence-electron chi connectivity index (χ4n) is 1.60. The first-order chi connectivity index (χ1) is 7.45. The van der Waals surface area contributed by atoms with E-state index in [1.807, 2.05) is 13.8 Å². The van der Waals surface area contributed by atoms with Gasteiger partial charge in [-0.2, -0.15) is 4.31 Å². The van der Waals surface area contributed by atoms with Crippen molar-refractivity contribution in [2.75, 3.05) is 18.9 Å². The van der Waals surface area contributed by atoms with Gasteiger partial charge in [-0.15, -0.1) is 0 Å². The minimum absolute atomic E-state index is 0.000508. The smallest absolute Gasteiger partial charge is 0.214 e. The second kappa shape index (κ2) is 8.03. The summed E-state index contributed by atoms with van der Waals surface area (Å²) in [5, 5.41) is 8.68. The van der Waals surface area contributed by atoms with Crippen molar-refractivity contribution in [3.8, 4) is 0 Å². The van der Waals surface area contributed by atoms with E-state index in [9.17, 15) is 8.42 Å². The number of hydrogen-bond acceptors (Lipinski definition) is 3. The van der Waals surface area contributed by atoms with Gasteiger partial charge in [-0.25, -0.2) is 8.42 Å². The quantitative estimate of drug-likeness (QED) is 0.633. The maximum absolute atomic E-state index is 11.9. The van der Waals surface area contributed by atoms with E-state index in [-0.39, 0.29) is 18.4 Å². The zero-order chi connectivity index (χ0) is 12.6. The Kier molecular flexibility index (Phi) is 7.97. The van der Waals surface area contributed by atoms with Gasteiger partial charge in [0.15, 0.2) is 0 Å². The Labute approximate surface area is 99.7 Å². The fraction of sp³-hybridized carbons (Fsp3) is 1.00. The Morgan fingerprint density at radius 1 is 1.19 bits per heavy atom. The highest BCUT2D eigenvalue weighted by atomic mass is 32.2. The number of aliphatic hydroxyl groups excluding tert-OH is 1. The maximum Gasteiger partial charge on any atom is 0.214 e. The molecule has 0 aliphatic heterocycles. The summed E-state index contributed by atoms with van der Waals surface area (Å²) < 4.78 is 25.4. The molecule has 0 aromatic carbocycles. The van der Waals surface area contributed by atoms with Crippen molar-refractivity contribution >= 4 is 10.0 Å². The maximum atomic E-state index is 11.9. The summed E-state index contributed by atoms with van der Waals surface area (Å²) in [6, 6.07) is 0.000508. The van der Waals surface area contributed by atoms with Crippen molar-refractivity contribution in [1.82, 2.24) is 4.31 Å². The Morgan fingerprint density at radius 3 is 2.25 bits per heavy atom. The highest BCUT2D eigenvalue weighted by molar-refractivity contribution is 7.89. The Hall–Kier alpha value is -0.130. The van der Waals surface area contributed by atoms with E-state index >= 15 is 0 Å².